The molecule has 0 aliphatic carbocycles. The fourth-order valence-corrected chi connectivity index (χ4v) is 2.19. The Hall–Kier alpha value is -0.820. The molecule has 0 aliphatic heterocycles. The molecule has 0 bridgehead atoms. The number of benzene rings is 1. The molecule has 1 aromatic carbocycles. The van der Waals surface area contributed by atoms with Gasteiger partial charge >= 0.3 is 0 Å². The van der Waals surface area contributed by atoms with Crippen LogP contribution in [0.15, 0.2) is 24.3 Å². The highest BCUT2D eigenvalue weighted by atomic mass is 14.8. The molecule has 18 heavy (non-hydrogen) atoms. The summed E-state index contributed by atoms with van der Waals surface area (Å²) in [6, 6.07) is 9.20. The van der Waals surface area contributed by atoms with E-state index in [2.05, 4.69) is 50.4 Å². The predicted octanol–water partition coefficient (Wildman–Crippen LogP) is 4.21. The zero-order chi connectivity index (χ0) is 13.2. The maximum absolute atomic E-state index is 3.45. The van der Waals surface area contributed by atoms with E-state index in [0.717, 1.165) is 12.5 Å². The summed E-state index contributed by atoms with van der Waals surface area (Å²) in [6.07, 6.45) is 6.22. The van der Waals surface area contributed by atoms with Gasteiger partial charge in [-0.25, -0.2) is 0 Å². The first-order chi connectivity index (χ1) is 8.72. The van der Waals surface area contributed by atoms with E-state index in [1.807, 2.05) is 0 Å². The lowest BCUT2D eigenvalue weighted by molar-refractivity contribution is 0.616. The van der Waals surface area contributed by atoms with Crippen LogP contribution in [0.5, 0.6) is 0 Å². The van der Waals surface area contributed by atoms with Crippen molar-refractivity contribution in [3.05, 3.63) is 35.4 Å². The molecule has 0 aromatic heterocycles. The zero-order valence-electron chi connectivity index (χ0n) is 12.3. The first-order valence-electron chi connectivity index (χ1n) is 7.51. The first kappa shape index (κ1) is 15.2. The summed E-state index contributed by atoms with van der Waals surface area (Å²) < 4.78 is 0. The molecule has 0 aliphatic rings. The molecule has 0 fully saturated rings. The van der Waals surface area contributed by atoms with Gasteiger partial charge in [0.15, 0.2) is 0 Å². The monoisotopic (exact) mass is 247 g/mol. The number of hydrogen-bond acceptors (Lipinski definition) is 1. The minimum Gasteiger partial charge on any atom is -0.317 e. The molecule has 0 heterocycles. The zero-order valence-corrected chi connectivity index (χ0v) is 12.3. The predicted molar refractivity (Wildman–Crippen MR) is 81.1 cm³/mol. The molecule has 0 amide bonds. The van der Waals surface area contributed by atoms with Gasteiger partial charge < -0.3 is 5.32 Å². The average molecular weight is 247 g/mol. The lowest BCUT2D eigenvalue weighted by Crippen LogP contribution is -2.15. The topological polar surface area (TPSA) is 12.0 Å². The first-order valence-corrected chi connectivity index (χ1v) is 7.51. The van der Waals surface area contributed by atoms with Crippen LogP contribution >= 0.6 is 0 Å². The van der Waals surface area contributed by atoms with Crippen molar-refractivity contribution in [1.82, 2.24) is 5.32 Å². The SMILES string of the molecule is CCCNCCCCc1ccc(CC(C)C)cc1. The molecule has 1 aromatic rings. The Morgan fingerprint density at radius 3 is 2.22 bits per heavy atom. The summed E-state index contributed by atoms with van der Waals surface area (Å²) in [4.78, 5) is 0. The summed E-state index contributed by atoms with van der Waals surface area (Å²) in [7, 11) is 0. The van der Waals surface area contributed by atoms with Crippen LogP contribution in [0.2, 0.25) is 0 Å². The fourth-order valence-electron chi connectivity index (χ4n) is 2.19. The van der Waals surface area contributed by atoms with Crippen molar-refractivity contribution in [3.8, 4) is 0 Å². The number of hydrogen-bond donors (Lipinski definition) is 1. The molecule has 0 saturated carbocycles. The van der Waals surface area contributed by atoms with E-state index in [4.69, 9.17) is 0 Å². The van der Waals surface area contributed by atoms with Crippen LogP contribution in [0.4, 0.5) is 0 Å². The lowest BCUT2D eigenvalue weighted by Gasteiger charge is -2.07. The van der Waals surface area contributed by atoms with Crippen molar-refractivity contribution in [2.45, 2.75) is 52.9 Å². The largest absolute Gasteiger partial charge is 0.317 e. The summed E-state index contributed by atoms with van der Waals surface area (Å²) >= 11 is 0. The molecular formula is C17H29N. The van der Waals surface area contributed by atoms with E-state index in [1.54, 1.807) is 0 Å². The highest BCUT2D eigenvalue weighted by Gasteiger charge is 1.98. The van der Waals surface area contributed by atoms with Gasteiger partial charge in [-0.2, -0.15) is 0 Å². The number of rotatable bonds is 9. The molecule has 102 valence electrons. The van der Waals surface area contributed by atoms with Crippen LogP contribution < -0.4 is 5.32 Å². The van der Waals surface area contributed by atoms with Crippen molar-refractivity contribution in [2.75, 3.05) is 13.1 Å². The molecule has 0 unspecified atom stereocenters. The Labute approximate surface area is 113 Å². The Morgan fingerprint density at radius 2 is 1.61 bits per heavy atom. The molecule has 0 radical (unpaired) electrons. The summed E-state index contributed by atoms with van der Waals surface area (Å²) in [5.74, 6) is 0.750. The fraction of sp³-hybridized carbons (Fsp3) is 0.647. The highest BCUT2D eigenvalue weighted by Crippen LogP contribution is 2.11. The van der Waals surface area contributed by atoms with Crippen LogP contribution in [0.25, 0.3) is 0 Å². The van der Waals surface area contributed by atoms with E-state index >= 15 is 0 Å². The molecule has 1 heteroatoms. The van der Waals surface area contributed by atoms with Crippen molar-refractivity contribution in [3.63, 3.8) is 0 Å². The van der Waals surface area contributed by atoms with Gasteiger partial charge in [0.05, 0.1) is 0 Å². The maximum Gasteiger partial charge on any atom is -0.00488 e. The summed E-state index contributed by atoms with van der Waals surface area (Å²) in [5, 5.41) is 3.45. The third-order valence-corrected chi connectivity index (χ3v) is 3.16. The van der Waals surface area contributed by atoms with Crippen LogP contribution in [-0.4, -0.2) is 13.1 Å². The highest BCUT2D eigenvalue weighted by molar-refractivity contribution is 5.22. The van der Waals surface area contributed by atoms with Crippen LogP contribution in [0.1, 0.15) is 51.2 Å². The Morgan fingerprint density at radius 1 is 0.944 bits per heavy atom. The van der Waals surface area contributed by atoms with Crippen LogP contribution in [0, 0.1) is 5.92 Å². The van der Waals surface area contributed by atoms with Gasteiger partial charge in [0, 0.05) is 0 Å². The third kappa shape index (κ3) is 6.80. The number of unbranched alkanes of at least 4 members (excludes halogenated alkanes) is 1. The average Bonchev–Trinajstić information content (AvgIpc) is 2.35. The van der Waals surface area contributed by atoms with Gasteiger partial charge in [0.25, 0.3) is 0 Å². The Kier molecular flexibility index (Phi) is 7.75. The molecule has 1 N–H and O–H groups in total. The minimum absolute atomic E-state index is 0.750. The second kappa shape index (κ2) is 9.16. The van der Waals surface area contributed by atoms with Gasteiger partial charge in [0.2, 0.25) is 0 Å². The smallest absolute Gasteiger partial charge is 0.00488 e. The third-order valence-electron chi connectivity index (χ3n) is 3.16. The molecular weight excluding hydrogens is 218 g/mol. The molecule has 0 saturated heterocycles. The Balaban J connectivity index is 2.18. The van der Waals surface area contributed by atoms with Gasteiger partial charge in [-0.3, -0.25) is 0 Å². The van der Waals surface area contributed by atoms with E-state index in [9.17, 15) is 0 Å². The van der Waals surface area contributed by atoms with Gasteiger partial charge in [-0.1, -0.05) is 45.0 Å². The Bertz CT molecular complexity index is 300. The normalized spacial score (nSPS) is 11.1. The van der Waals surface area contributed by atoms with Gasteiger partial charge in [-0.15, -0.1) is 0 Å². The quantitative estimate of drug-likeness (QED) is 0.645. The number of aryl methyl sites for hydroxylation is 1. The molecule has 0 atom stereocenters. The van der Waals surface area contributed by atoms with Gasteiger partial charge in [0.1, 0.15) is 0 Å². The summed E-state index contributed by atoms with van der Waals surface area (Å²) in [5.41, 5.74) is 2.95. The minimum atomic E-state index is 0.750. The summed E-state index contributed by atoms with van der Waals surface area (Å²) in [6.45, 7) is 9.09. The molecule has 0 spiro atoms. The second-order valence-corrected chi connectivity index (χ2v) is 5.62. The van der Waals surface area contributed by atoms with Crippen molar-refractivity contribution in [1.29, 1.82) is 0 Å². The second-order valence-electron chi connectivity index (χ2n) is 5.62. The van der Waals surface area contributed by atoms with Crippen molar-refractivity contribution >= 4 is 0 Å². The van der Waals surface area contributed by atoms with Crippen LogP contribution in [0.3, 0.4) is 0 Å². The number of nitrogens with one attached hydrogen (secondary N) is 1. The van der Waals surface area contributed by atoms with E-state index in [1.165, 1.54) is 49.8 Å². The molecule has 1 nitrogen and oxygen atoms in total. The standard InChI is InChI=1S/C17H29N/c1-4-12-18-13-6-5-7-16-8-10-17(11-9-16)14-15(2)3/h8-11,15,18H,4-7,12-14H2,1-3H3. The lowest BCUT2D eigenvalue weighted by atomic mass is 10.0. The van der Waals surface area contributed by atoms with Crippen LogP contribution in [-0.2, 0) is 12.8 Å². The maximum atomic E-state index is 3.45. The van der Waals surface area contributed by atoms with Crippen molar-refractivity contribution < 1.29 is 0 Å². The van der Waals surface area contributed by atoms with E-state index < -0.39 is 0 Å². The van der Waals surface area contributed by atoms with E-state index in [0.29, 0.717) is 0 Å². The van der Waals surface area contributed by atoms with Crippen molar-refractivity contribution in [2.24, 2.45) is 5.92 Å². The van der Waals surface area contributed by atoms with Gasteiger partial charge in [-0.05, 0) is 62.2 Å². The van der Waals surface area contributed by atoms with E-state index in [-0.39, 0.29) is 0 Å². The molecule has 1 rings (SSSR count).